The van der Waals surface area contributed by atoms with Crippen molar-refractivity contribution in [1.29, 1.82) is 0 Å². The fraction of sp³-hybridized carbons (Fsp3) is 0.538. The molecule has 0 aromatic carbocycles. The van der Waals surface area contributed by atoms with Gasteiger partial charge in [0.15, 0.2) is 0 Å². The lowest BCUT2D eigenvalue weighted by Gasteiger charge is -2.10. The van der Waals surface area contributed by atoms with Crippen LogP contribution in [0, 0.1) is 11.5 Å². The van der Waals surface area contributed by atoms with Gasteiger partial charge >= 0.3 is 0 Å². The summed E-state index contributed by atoms with van der Waals surface area (Å²) >= 11 is 0. The summed E-state index contributed by atoms with van der Waals surface area (Å²) < 4.78 is 0. The van der Waals surface area contributed by atoms with Crippen molar-refractivity contribution in [2.45, 2.75) is 32.1 Å². The minimum Gasteiger partial charge on any atom is -0.350 e. The molecule has 96 valence electrons. The average Bonchev–Trinajstić information content (AvgIpc) is 2.80. The summed E-state index contributed by atoms with van der Waals surface area (Å²) in [5.41, 5.74) is 4.21. The third kappa shape index (κ3) is 4.13. The highest BCUT2D eigenvalue weighted by molar-refractivity contribution is 6.83. The first-order chi connectivity index (χ1) is 8.53. The Bertz CT molecular complexity index is 447. The molecule has 1 aromatic rings. The predicted octanol–water partition coefficient (Wildman–Crippen LogP) is 1.48. The van der Waals surface area contributed by atoms with Crippen molar-refractivity contribution in [3.63, 3.8) is 0 Å². The molecule has 0 amide bonds. The van der Waals surface area contributed by atoms with Gasteiger partial charge in [-0.1, -0.05) is 25.6 Å². The van der Waals surface area contributed by atoms with Crippen LogP contribution in [-0.2, 0) is 0 Å². The Balaban J connectivity index is 1.98. The number of hydrogen-bond acceptors (Lipinski definition) is 4. The molecule has 1 aliphatic heterocycles. The molecule has 0 aliphatic carbocycles. The third-order valence-corrected chi connectivity index (χ3v) is 3.50. The van der Waals surface area contributed by atoms with Crippen LogP contribution in [0.3, 0.4) is 0 Å². The van der Waals surface area contributed by atoms with Crippen molar-refractivity contribution < 1.29 is 0 Å². The van der Waals surface area contributed by atoms with Gasteiger partial charge in [-0.05, 0) is 13.0 Å². The first-order valence-corrected chi connectivity index (χ1v) is 9.85. The topological polar surface area (TPSA) is 49.8 Å². The molecule has 2 heterocycles. The van der Waals surface area contributed by atoms with E-state index < -0.39 is 8.07 Å². The van der Waals surface area contributed by atoms with Crippen molar-refractivity contribution in [2.24, 2.45) is 0 Å². The standard InChI is InChI=1S/C13H20N4Si/c1-18(2,3)7-5-11-8-15-13(16-9-11)17-12-4-6-14-10-12/h8-9,12,14H,4,6,10H2,1-3H3,(H,15,16,17). The summed E-state index contributed by atoms with van der Waals surface area (Å²) in [6, 6.07) is 0.448. The van der Waals surface area contributed by atoms with Gasteiger partial charge in [-0.3, -0.25) is 0 Å². The van der Waals surface area contributed by atoms with Crippen LogP contribution in [0.2, 0.25) is 19.6 Å². The van der Waals surface area contributed by atoms with E-state index in [-0.39, 0.29) is 0 Å². The highest BCUT2D eigenvalue weighted by atomic mass is 28.3. The van der Waals surface area contributed by atoms with Crippen LogP contribution in [0.5, 0.6) is 0 Å². The van der Waals surface area contributed by atoms with E-state index in [2.05, 4.69) is 51.7 Å². The van der Waals surface area contributed by atoms with Crippen LogP contribution >= 0.6 is 0 Å². The lowest BCUT2D eigenvalue weighted by Crippen LogP contribution is -2.23. The fourth-order valence-electron chi connectivity index (χ4n) is 1.69. The Kier molecular flexibility index (Phi) is 3.99. The van der Waals surface area contributed by atoms with E-state index in [0.29, 0.717) is 12.0 Å². The maximum Gasteiger partial charge on any atom is 0.222 e. The SMILES string of the molecule is C[Si](C)(C)C#Cc1cnc(NC2CCNC2)nc1. The molecule has 0 saturated carbocycles. The zero-order valence-corrected chi connectivity index (χ0v) is 12.2. The molecule has 2 rings (SSSR count). The van der Waals surface area contributed by atoms with Crippen molar-refractivity contribution in [3.8, 4) is 11.5 Å². The molecule has 0 radical (unpaired) electrons. The summed E-state index contributed by atoms with van der Waals surface area (Å²) in [7, 11) is -1.32. The Hall–Kier alpha value is -1.38. The number of hydrogen-bond donors (Lipinski definition) is 2. The molecule has 1 aliphatic rings. The molecular weight excluding hydrogens is 240 g/mol. The van der Waals surface area contributed by atoms with Crippen LogP contribution in [-0.4, -0.2) is 37.2 Å². The Labute approximate surface area is 110 Å². The second-order valence-electron chi connectivity index (χ2n) is 5.63. The molecule has 4 nitrogen and oxygen atoms in total. The highest BCUT2D eigenvalue weighted by Crippen LogP contribution is 2.06. The van der Waals surface area contributed by atoms with E-state index in [0.717, 1.165) is 25.1 Å². The lowest BCUT2D eigenvalue weighted by molar-refractivity contribution is 0.780. The van der Waals surface area contributed by atoms with E-state index in [1.54, 1.807) is 12.4 Å². The van der Waals surface area contributed by atoms with Gasteiger partial charge in [0.25, 0.3) is 0 Å². The van der Waals surface area contributed by atoms with Gasteiger partial charge in [-0.25, -0.2) is 9.97 Å². The van der Waals surface area contributed by atoms with Gasteiger partial charge in [-0.15, -0.1) is 5.54 Å². The number of rotatable bonds is 2. The molecule has 1 saturated heterocycles. The lowest BCUT2D eigenvalue weighted by atomic mass is 10.3. The van der Waals surface area contributed by atoms with E-state index in [4.69, 9.17) is 0 Å². The molecule has 18 heavy (non-hydrogen) atoms. The van der Waals surface area contributed by atoms with Gasteiger partial charge in [0.2, 0.25) is 5.95 Å². The van der Waals surface area contributed by atoms with Crippen LogP contribution in [0.4, 0.5) is 5.95 Å². The number of anilines is 1. The largest absolute Gasteiger partial charge is 0.350 e. The Morgan fingerprint density at radius 2 is 2.06 bits per heavy atom. The van der Waals surface area contributed by atoms with Gasteiger partial charge < -0.3 is 10.6 Å². The number of aromatic nitrogens is 2. The van der Waals surface area contributed by atoms with Gasteiger partial charge in [-0.2, -0.15) is 0 Å². The predicted molar refractivity (Wildman–Crippen MR) is 77.2 cm³/mol. The van der Waals surface area contributed by atoms with Crippen molar-refractivity contribution in [3.05, 3.63) is 18.0 Å². The molecular formula is C13H20N4Si. The second kappa shape index (κ2) is 5.51. The summed E-state index contributed by atoms with van der Waals surface area (Å²) in [6.07, 6.45) is 4.72. The minimum absolute atomic E-state index is 0.448. The Morgan fingerprint density at radius 1 is 1.33 bits per heavy atom. The van der Waals surface area contributed by atoms with E-state index in [1.807, 2.05) is 0 Å². The summed E-state index contributed by atoms with van der Waals surface area (Å²) in [5, 5.41) is 6.62. The smallest absolute Gasteiger partial charge is 0.222 e. The monoisotopic (exact) mass is 260 g/mol. The summed E-state index contributed by atoms with van der Waals surface area (Å²) in [5.74, 6) is 3.85. The quantitative estimate of drug-likeness (QED) is 0.625. The zero-order valence-electron chi connectivity index (χ0n) is 11.2. The Morgan fingerprint density at radius 3 is 2.61 bits per heavy atom. The van der Waals surface area contributed by atoms with Crippen molar-refractivity contribution in [2.75, 3.05) is 18.4 Å². The molecule has 2 N–H and O–H groups in total. The molecule has 5 heteroatoms. The van der Waals surface area contributed by atoms with Crippen LogP contribution in [0.15, 0.2) is 12.4 Å². The van der Waals surface area contributed by atoms with Crippen molar-refractivity contribution >= 4 is 14.0 Å². The molecule has 0 bridgehead atoms. The van der Waals surface area contributed by atoms with Crippen LogP contribution in [0.25, 0.3) is 0 Å². The van der Waals surface area contributed by atoms with Gasteiger partial charge in [0, 0.05) is 25.0 Å². The molecule has 1 atom stereocenters. The first kappa shape index (κ1) is 13.1. The second-order valence-corrected chi connectivity index (χ2v) is 10.4. The molecule has 0 spiro atoms. The van der Waals surface area contributed by atoms with E-state index in [9.17, 15) is 0 Å². The maximum atomic E-state index is 4.31. The number of nitrogens with one attached hydrogen (secondary N) is 2. The maximum absolute atomic E-state index is 4.31. The fourth-order valence-corrected chi connectivity index (χ4v) is 2.21. The number of nitrogens with zero attached hydrogens (tertiary/aromatic N) is 2. The van der Waals surface area contributed by atoms with E-state index in [1.165, 1.54) is 0 Å². The highest BCUT2D eigenvalue weighted by Gasteiger charge is 2.14. The zero-order chi connectivity index (χ0) is 13.0. The third-order valence-electron chi connectivity index (χ3n) is 2.63. The summed E-state index contributed by atoms with van der Waals surface area (Å²) in [6.45, 7) is 8.73. The van der Waals surface area contributed by atoms with E-state index >= 15 is 0 Å². The van der Waals surface area contributed by atoms with Gasteiger partial charge in [0.05, 0.1) is 5.56 Å². The van der Waals surface area contributed by atoms with Crippen molar-refractivity contribution in [1.82, 2.24) is 15.3 Å². The normalized spacial score (nSPS) is 19.2. The molecule has 1 fully saturated rings. The molecule has 1 aromatic heterocycles. The average molecular weight is 260 g/mol. The molecule has 1 unspecified atom stereocenters. The van der Waals surface area contributed by atoms with Crippen LogP contribution < -0.4 is 10.6 Å². The minimum atomic E-state index is -1.32. The van der Waals surface area contributed by atoms with Gasteiger partial charge in [0.1, 0.15) is 8.07 Å². The van der Waals surface area contributed by atoms with Crippen LogP contribution in [0.1, 0.15) is 12.0 Å². The summed E-state index contributed by atoms with van der Waals surface area (Å²) in [4.78, 5) is 8.61. The first-order valence-electron chi connectivity index (χ1n) is 6.35.